The van der Waals surface area contributed by atoms with Crippen LogP contribution in [-0.4, -0.2) is 16.3 Å². The van der Waals surface area contributed by atoms with Crippen molar-refractivity contribution in [2.45, 2.75) is 31.7 Å². The monoisotopic (exact) mass is 204 g/mol. The van der Waals surface area contributed by atoms with Gasteiger partial charge in [-0.1, -0.05) is 0 Å². The smallest absolute Gasteiger partial charge is 0.102 e. The van der Waals surface area contributed by atoms with Gasteiger partial charge in [-0.15, -0.1) is 0 Å². The second-order valence-corrected chi connectivity index (χ2v) is 4.23. The third kappa shape index (κ3) is 2.18. The van der Waals surface area contributed by atoms with Crippen molar-refractivity contribution in [2.24, 2.45) is 11.7 Å². The summed E-state index contributed by atoms with van der Waals surface area (Å²) in [5.41, 5.74) is 6.20. The van der Waals surface area contributed by atoms with Gasteiger partial charge < -0.3 is 5.73 Å². The fourth-order valence-electron chi connectivity index (χ4n) is 2.38. The Labute approximate surface area is 89.7 Å². The van der Waals surface area contributed by atoms with E-state index >= 15 is 0 Å². The predicted octanol–water partition coefficient (Wildman–Crippen LogP) is 1.44. The van der Waals surface area contributed by atoms with Gasteiger partial charge in [-0.3, -0.25) is 4.68 Å². The van der Waals surface area contributed by atoms with E-state index < -0.39 is 0 Å². The Morgan fingerprint density at radius 2 is 2.47 bits per heavy atom. The summed E-state index contributed by atoms with van der Waals surface area (Å²) in [5, 5.41) is 12.9. The zero-order valence-corrected chi connectivity index (χ0v) is 8.76. The summed E-state index contributed by atoms with van der Waals surface area (Å²) in [6.45, 7) is 0.778. The lowest BCUT2D eigenvalue weighted by Crippen LogP contribution is -2.08. The lowest BCUT2D eigenvalue weighted by atomic mass is 10.0. The van der Waals surface area contributed by atoms with Gasteiger partial charge in [-0.05, 0) is 38.1 Å². The van der Waals surface area contributed by atoms with Gasteiger partial charge in [0, 0.05) is 6.20 Å². The third-order valence-electron chi connectivity index (χ3n) is 3.19. The Morgan fingerprint density at radius 3 is 3.13 bits per heavy atom. The SMILES string of the molecule is N#Cc1cnn(C2CCC(CCN)C2)c1. The van der Waals surface area contributed by atoms with Gasteiger partial charge >= 0.3 is 0 Å². The molecule has 1 heterocycles. The molecule has 0 spiro atoms. The highest BCUT2D eigenvalue weighted by Gasteiger charge is 2.25. The molecule has 2 N–H and O–H groups in total. The van der Waals surface area contributed by atoms with Gasteiger partial charge in [0.1, 0.15) is 6.07 Å². The number of nitriles is 1. The Morgan fingerprint density at radius 1 is 1.60 bits per heavy atom. The molecular weight excluding hydrogens is 188 g/mol. The highest BCUT2D eigenvalue weighted by Crippen LogP contribution is 2.35. The molecule has 0 aromatic carbocycles. The summed E-state index contributed by atoms with van der Waals surface area (Å²) in [6, 6.07) is 2.58. The van der Waals surface area contributed by atoms with E-state index in [4.69, 9.17) is 11.0 Å². The molecule has 1 aromatic heterocycles. The van der Waals surface area contributed by atoms with Crippen molar-refractivity contribution in [2.75, 3.05) is 6.54 Å². The first kappa shape index (κ1) is 10.2. The molecule has 4 heteroatoms. The molecule has 0 amide bonds. The number of rotatable bonds is 3. The number of nitrogens with two attached hydrogens (primary N) is 1. The van der Waals surface area contributed by atoms with E-state index in [0.29, 0.717) is 11.6 Å². The second-order valence-electron chi connectivity index (χ2n) is 4.23. The first-order valence-corrected chi connectivity index (χ1v) is 5.48. The maximum atomic E-state index is 8.71. The molecule has 2 rings (SSSR count). The molecular formula is C11H16N4. The Kier molecular flexibility index (Phi) is 3.02. The van der Waals surface area contributed by atoms with Crippen molar-refractivity contribution in [3.63, 3.8) is 0 Å². The average molecular weight is 204 g/mol. The molecule has 1 fully saturated rings. The van der Waals surface area contributed by atoms with Crippen LogP contribution in [0, 0.1) is 17.2 Å². The summed E-state index contributed by atoms with van der Waals surface area (Å²) in [7, 11) is 0. The molecule has 15 heavy (non-hydrogen) atoms. The van der Waals surface area contributed by atoms with Gasteiger partial charge in [-0.25, -0.2) is 0 Å². The first-order valence-electron chi connectivity index (χ1n) is 5.48. The predicted molar refractivity (Wildman–Crippen MR) is 57.0 cm³/mol. The van der Waals surface area contributed by atoms with Crippen LogP contribution in [0.25, 0.3) is 0 Å². The Hall–Kier alpha value is -1.34. The minimum absolute atomic E-state index is 0.476. The van der Waals surface area contributed by atoms with Gasteiger partial charge in [0.25, 0.3) is 0 Å². The summed E-state index contributed by atoms with van der Waals surface area (Å²) < 4.78 is 1.94. The molecule has 0 saturated heterocycles. The first-order chi connectivity index (χ1) is 7.33. The van der Waals surface area contributed by atoms with Crippen molar-refractivity contribution >= 4 is 0 Å². The molecule has 80 valence electrons. The van der Waals surface area contributed by atoms with Crippen LogP contribution in [0.5, 0.6) is 0 Å². The largest absolute Gasteiger partial charge is 0.330 e. The number of aromatic nitrogens is 2. The molecule has 2 unspecified atom stereocenters. The summed E-state index contributed by atoms with van der Waals surface area (Å²) in [5.74, 6) is 0.745. The van der Waals surface area contributed by atoms with E-state index in [1.165, 1.54) is 6.42 Å². The quantitative estimate of drug-likeness (QED) is 0.810. The van der Waals surface area contributed by atoms with Crippen LogP contribution in [0.3, 0.4) is 0 Å². The molecule has 1 saturated carbocycles. The zero-order chi connectivity index (χ0) is 10.7. The standard InChI is InChI=1S/C11H16N4/c12-4-3-9-1-2-11(5-9)15-8-10(6-13)7-14-15/h7-9,11H,1-5,12H2. The summed E-state index contributed by atoms with van der Waals surface area (Å²) in [4.78, 5) is 0. The number of hydrogen-bond donors (Lipinski definition) is 1. The maximum Gasteiger partial charge on any atom is 0.102 e. The molecule has 4 nitrogen and oxygen atoms in total. The fourth-order valence-corrected chi connectivity index (χ4v) is 2.38. The molecule has 2 atom stereocenters. The topological polar surface area (TPSA) is 67.6 Å². The molecule has 0 aliphatic heterocycles. The van der Waals surface area contributed by atoms with Crippen LogP contribution in [0.2, 0.25) is 0 Å². The normalized spacial score (nSPS) is 25.3. The Bertz CT molecular complexity index is 363. The second kappa shape index (κ2) is 4.45. The highest BCUT2D eigenvalue weighted by molar-refractivity contribution is 5.21. The van der Waals surface area contributed by atoms with E-state index in [1.807, 2.05) is 10.9 Å². The van der Waals surface area contributed by atoms with Crippen LogP contribution in [0.4, 0.5) is 0 Å². The molecule has 0 bridgehead atoms. The van der Waals surface area contributed by atoms with E-state index in [9.17, 15) is 0 Å². The molecule has 0 radical (unpaired) electrons. The lowest BCUT2D eigenvalue weighted by Gasteiger charge is -2.10. The van der Waals surface area contributed by atoms with Crippen molar-refractivity contribution in [3.05, 3.63) is 18.0 Å². The van der Waals surface area contributed by atoms with Gasteiger partial charge in [0.15, 0.2) is 0 Å². The summed E-state index contributed by atoms with van der Waals surface area (Å²) >= 11 is 0. The van der Waals surface area contributed by atoms with Crippen molar-refractivity contribution in [1.29, 1.82) is 5.26 Å². The number of nitrogens with zero attached hydrogens (tertiary/aromatic N) is 3. The van der Waals surface area contributed by atoms with Crippen molar-refractivity contribution < 1.29 is 0 Å². The Balaban J connectivity index is 1.98. The van der Waals surface area contributed by atoms with E-state index in [2.05, 4.69) is 11.2 Å². The number of hydrogen-bond acceptors (Lipinski definition) is 3. The van der Waals surface area contributed by atoms with Gasteiger partial charge in [0.05, 0.1) is 17.8 Å². The highest BCUT2D eigenvalue weighted by atomic mass is 15.3. The van der Waals surface area contributed by atoms with Gasteiger partial charge in [-0.2, -0.15) is 10.4 Å². The fraction of sp³-hybridized carbons (Fsp3) is 0.636. The molecule has 1 aliphatic carbocycles. The lowest BCUT2D eigenvalue weighted by molar-refractivity contribution is 0.431. The minimum atomic E-state index is 0.476. The van der Waals surface area contributed by atoms with Crippen LogP contribution in [0.15, 0.2) is 12.4 Å². The van der Waals surface area contributed by atoms with Crippen LogP contribution in [-0.2, 0) is 0 Å². The van der Waals surface area contributed by atoms with Crippen LogP contribution >= 0.6 is 0 Å². The van der Waals surface area contributed by atoms with Crippen molar-refractivity contribution in [3.8, 4) is 6.07 Å². The van der Waals surface area contributed by atoms with Gasteiger partial charge in [0.2, 0.25) is 0 Å². The van der Waals surface area contributed by atoms with Crippen LogP contribution < -0.4 is 5.73 Å². The molecule has 1 aliphatic rings. The van der Waals surface area contributed by atoms with E-state index in [0.717, 1.165) is 31.7 Å². The minimum Gasteiger partial charge on any atom is -0.330 e. The third-order valence-corrected chi connectivity index (χ3v) is 3.19. The van der Waals surface area contributed by atoms with E-state index in [-0.39, 0.29) is 0 Å². The summed E-state index contributed by atoms with van der Waals surface area (Å²) in [6.07, 6.45) is 8.15. The van der Waals surface area contributed by atoms with E-state index in [1.54, 1.807) is 6.20 Å². The van der Waals surface area contributed by atoms with Crippen LogP contribution in [0.1, 0.15) is 37.3 Å². The van der Waals surface area contributed by atoms with Crippen molar-refractivity contribution in [1.82, 2.24) is 9.78 Å². The zero-order valence-electron chi connectivity index (χ0n) is 8.76. The molecule has 1 aromatic rings. The average Bonchev–Trinajstić information content (AvgIpc) is 2.85. The maximum absolute atomic E-state index is 8.71.